The van der Waals surface area contributed by atoms with E-state index < -0.39 is 11.5 Å². The minimum atomic E-state index is -0.516. The molecule has 1 amide bonds. The Kier molecular flexibility index (Phi) is 6.80. The number of carbonyl (C=O) groups excluding carboxylic acids is 2. The molecule has 6 nitrogen and oxygen atoms in total. The van der Waals surface area contributed by atoms with Gasteiger partial charge in [0, 0.05) is 10.4 Å². The van der Waals surface area contributed by atoms with Gasteiger partial charge in [-0.15, -0.1) is 0 Å². The van der Waals surface area contributed by atoms with E-state index in [0.717, 1.165) is 45.5 Å². The number of aryl methyl sites for hydroxylation is 1. The fourth-order valence-electron chi connectivity index (χ4n) is 4.53. The van der Waals surface area contributed by atoms with Crippen LogP contribution in [0.2, 0.25) is 0 Å². The molecule has 0 unspecified atom stereocenters. The number of aromatic nitrogens is 1. The molecule has 0 aliphatic heterocycles. The van der Waals surface area contributed by atoms with Crippen LogP contribution in [0, 0.1) is 6.92 Å². The van der Waals surface area contributed by atoms with Gasteiger partial charge >= 0.3 is 12.1 Å². The minimum absolute atomic E-state index is 0.161. The number of carbonyl (C=O) groups is 2. The molecule has 0 spiro atoms. The van der Waals surface area contributed by atoms with Crippen molar-refractivity contribution in [2.24, 2.45) is 0 Å². The predicted molar refractivity (Wildman–Crippen MR) is 146 cm³/mol. The molecule has 0 saturated heterocycles. The zero-order valence-electron chi connectivity index (χ0n) is 21.0. The monoisotopic (exact) mass is 512 g/mol. The second-order valence-electron chi connectivity index (χ2n) is 9.27. The van der Waals surface area contributed by atoms with E-state index in [2.05, 4.69) is 9.69 Å². The van der Waals surface area contributed by atoms with Crippen LogP contribution in [0.1, 0.15) is 41.9 Å². The highest BCUT2D eigenvalue weighted by Crippen LogP contribution is 2.49. The molecule has 7 heteroatoms. The summed E-state index contributed by atoms with van der Waals surface area (Å²) in [6.07, 6.45) is 0.772. The number of ether oxygens (including phenoxy) is 2. The first kappa shape index (κ1) is 24.7. The molecule has 0 radical (unpaired) electrons. The first-order valence-electron chi connectivity index (χ1n) is 12.2. The van der Waals surface area contributed by atoms with Gasteiger partial charge in [0.15, 0.2) is 0 Å². The number of esters is 1. The van der Waals surface area contributed by atoms with Gasteiger partial charge in [-0.25, -0.2) is 4.79 Å². The van der Waals surface area contributed by atoms with Crippen LogP contribution in [0.5, 0.6) is 0 Å². The molecule has 1 N–H and O–H groups in total. The van der Waals surface area contributed by atoms with Crippen LogP contribution in [0.3, 0.4) is 0 Å². The van der Waals surface area contributed by atoms with Crippen molar-refractivity contribution in [1.29, 1.82) is 0 Å². The Morgan fingerprint density at radius 1 is 0.919 bits per heavy atom. The number of anilines is 1. The second kappa shape index (κ2) is 10.2. The summed E-state index contributed by atoms with van der Waals surface area (Å²) >= 11 is 1.34. The Balaban J connectivity index is 1.30. The summed E-state index contributed by atoms with van der Waals surface area (Å²) in [5, 5.41) is 2.89. The average Bonchev–Trinajstić information content (AvgIpc) is 3.67. The van der Waals surface area contributed by atoms with E-state index >= 15 is 0 Å². The molecule has 1 fully saturated rings. The molecule has 1 aromatic heterocycles. The lowest BCUT2D eigenvalue weighted by atomic mass is 9.93. The first-order chi connectivity index (χ1) is 17.9. The summed E-state index contributed by atoms with van der Waals surface area (Å²) in [5.41, 5.74) is 5.84. The van der Waals surface area contributed by atoms with Crippen molar-refractivity contribution in [3.63, 3.8) is 0 Å². The smallest absolute Gasteiger partial charge is 0.412 e. The lowest BCUT2D eigenvalue weighted by Crippen LogP contribution is -2.21. The minimum Gasteiger partial charge on any atom is -0.468 e. The SMILES string of the molecule is COC(=O)C1(c2ccc(-c3ccc(-c4nsc(C)c4NC(=O)O[C@H](C)c4ccccc4)cc3)cc2)CC1. The van der Waals surface area contributed by atoms with Crippen LogP contribution in [-0.2, 0) is 19.7 Å². The molecule has 37 heavy (non-hydrogen) atoms. The Labute approximate surface area is 220 Å². The molecule has 1 saturated carbocycles. The van der Waals surface area contributed by atoms with E-state index in [1.165, 1.54) is 18.6 Å². The number of nitrogens with zero attached hydrogens (tertiary/aromatic N) is 1. The fraction of sp³-hybridized carbons (Fsp3) is 0.233. The van der Waals surface area contributed by atoms with Crippen LogP contribution in [0.4, 0.5) is 10.5 Å². The summed E-state index contributed by atoms with van der Waals surface area (Å²) in [5.74, 6) is -0.161. The Hall–Kier alpha value is -3.97. The number of hydrogen-bond donors (Lipinski definition) is 1. The van der Waals surface area contributed by atoms with Crippen molar-refractivity contribution >= 4 is 29.3 Å². The van der Waals surface area contributed by atoms with Gasteiger partial charge in [-0.2, -0.15) is 4.37 Å². The number of benzene rings is 3. The van der Waals surface area contributed by atoms with Gasteiger partial charge < -0.3 is 9.47 Å². The van der Waals surface area contributed by atoms with Crippen LogP contribution in [0.15, 0.2) is 78.9 Å². The molecule has 1 aliphatic rings. The molecule has 188 valence electrons. The van der Waals surface area contributed by atoms with Gasteiger partial charge in [-0.3, -0.25) is 10.1 Å². The fourth-order valence-corrected chi connectivity index (χ4v) is 5.20. The van der Waals surface area contributed by atoms with Crippen LogP contribution in [0.25, 0.3) is 22.4 Å². The third-order valence-electron chi connectivity index (χ3n) is 6.90. The van der Waals surface area contributed by atoms with Gasteiger partial charge in [0.25, 0.3) is 0 Å². The van der Waals surface area contributed by atoms with E-state index in [0.29, 0.717) is 11.4 Å². The number of rotatable bonds is 7. The van der Waals surface area contributed by atoms with Gasteiger partial charge in [-0.1, -0.05) is 78.9 Å². The second-order valence-corrected chi connectivity index (χ2v) is 10.3. The largest absolute Gasteiger partial charge is 0.468 e. The number of nitrogens with one attached hydrogen (secondary N) is 1. The van der Waals surface area contributed by atoms with Crippen molar-refractivity contribution in [2.45, 2.75) is 38.2 Å². The predicted octanol–water partition coefficient (Wildman–Crippen LogP) is 7.30. The highest BCUT2D eigenvalue weighted by Gasteiger charge is 2.52. The maximum Gasteiger partial charge on any atom is 0.412 e. The lowest BCUT2D eigenvalue weighted by Gasteiger charge is -2.15. The summed E-state index contributed by atoms with van der Waals surface area (Å²) in [6.45, 7) is 3.77. The van der Waals surface area contributed by atoms with E-state index in [-0.39, 0.29) is 12.1 Å². The first-order valence-corrected chi connectivity index (χ1v) is 13.0. The molecule has 1 heterocycles. The van der Waals surface area contributed by atoms with E-state index in [4.69, 9.17) is 9.47 Å². The van der Waals surface area contributed by atoms with Crippen molar-refractivity contribution in [3.05, 3.63) is 94.9 Å². The van der Waals surface area contributed by atoms with Crippen molar-refractivity contribution in [3.8, 4) is 22.4 Å². The van der Waals surface area contributed by atoms with E-state index in [1.807, 2.05) is 92.7 Å². The molecule has 1 atom stereocenters. The van der Waals surface area contributed by atoms with Crippen LogP contribution < -0.4 is 5.32 Å². The Morgan fingerprint density at radius 3 is 2.11 bits per heavy atom. The van der Waals surface area contributed by atoms with Crippen LogP contribution >= 0.6 is 11.5 Å². The van der Waals surface area contributed by atoms with E-state index in [9.17, 15) is 9.59 Å². The van der Waals surface area contributed by atoms with Gasteiger partial charge in [0.1, 0.15) is 11.8 Å². The highest BCUT2D eigenvalue weighted by molar-refractivity contribution is 7.06. The topological polar surface area (TPSA) is 77.5 Å². The zero-order chi connectivity index (χ0) is 26.0. The van der Waals surface area contributed by atoms with Crippen molar-refractivity contribution < 1.29 is 19.1 Å². The Bertz CT molecular complexity index is 1410. The molecule has 1 aliphatic carbocycles. The number of methoxy groups -OCH3 is 1. The van der Waals surface area contributed by atoms with Gasteiger partial charge in [0.2, 0.25) is 0 Å². The summed E-state index contributed by atoms with van der Waals surface area (Å²) in [7, 11) is 1.44. The molecule has 3 aromatic carbocycles. The zero-order valence-corrected chi connectivity index (χ0v) is 21.8. The number of hydrogen-bond acceptors (Lipinski definition) is 6. The maximum atomic E-state index is 12.6. The highest BCUT2D eigenvalue weighted by atomic mass is 32.1. The molecule has 0 bridgehead atoms. The number of amides is 1. The van der Waals surface area contributed by atoms with E-state index in [1.54, 1.807) is 0 Å². The average molecular weight is 513 g/mol. The third kappa shape index (κ3) is 5.00. The normalized spacial score (nSPS) is 14.5. The third-order valence-corrected chi connectivity index (χ3v) is 7.65. The maximum absolute atomic E-state index is 12.6. The Morgan fingerprint density at radius 2 is 1.51 bits per heavy atom. The molecular weight excluding hydrogens is 484 g/mol. The molecule has 4 aromatic rings. The molecular formula is C30H28N2O4S. The standard InChI is InChI=1S/C30H28N2O4S/c1-19(21-7-5-4-6-8-21)36-29(34)31-26-20(2)37-32-27(26)24-11-9-22(10-12-24)23-13-15-25(16-14-23)30(17-18-30)28(33)35-3/h4-16,19H,17-18H2,1-3H3,(H,31,34)/t19-/m1/s1. The van der Waals surface area contributed by atoms with Crippen LogP contribution in [-0.4, -0.2) is 23.5 Å². The summed E-state index contributed by atoms with van der Waals surface area (Å²) in [6, 6.07) is 25.8. The summed E-state index contributed by atoms with van der Waals surface area (Å²) in [4.78, 5) is 25.7. The van der Waals surface area contributed by atoms with Crippen molar-refractivity contribution in [1.82, 2.24) is 4.37 Å². The van der Waals surface area contributed by atoms with Crippen molar-refractivity contribution in [2.75, 3.05) is 12.4 Å². The molecule has 5 rings (SSSR count). The lowest BCUT2D eigenvalue weighted by molar-refractivity contribution is -0.143. The van der Waals surface area contributed by atoms with Gasteiger partial charge in [0.05, 0.1) is 18.2 Å². The quantitative estimate of drug-likeness (QED) is 0.263. The summed E-state index contributed by atoms with van der Waals surface area (Å²) < 4.78 is 15.2. The van der Waals surface area contributed by atoms with Gasteiger partial charge in [-0.05, 0) is 60.5 Å².